The number of methoxy groups -OCH3 is 2. The number of carbonyl (C=O) groups is 1. The Morgan fingerprint density at radius 3 is 2.65 bits per heavy atom. The predicted octanol–water partition coefficient (Wildman–Crippen LogP) is 6.08. The van der Waals surface area contributed by atoms with Crippen LogP contribution >= 0.6 is 11.3 Å². The zero-order valence-corrected chi connectivity index (χ0v) is 20.4. The Bertz CT molecular complexity index is 1270. The van der Waals surface area contributed by atoms with E-state index in [1.54, 1.807) is 43.9 Å². The number of hydrogen-bond acceptors (Lipinski definition) is 7. The summed E-state index contributed by atoms with van der Waals surface area (Å²) >= 11 is 1.54. The average molecular weight is 478 g/mol. The van der Waals surface area contributed by atoms with E-state index in [9.17, 15) is 4.79 Å². The highest BCUT2D eigenvalue weighted by Crippen LogP contribution is 2.41. The Hall–Kier alpha value is -3.78. The molecule has 0 bridgehead atoms. The van der Waals surface area contributed by atoms with Crippen LogP contribution in [0.25, 0.3) is 0 Å². The number of hydrogen-bond donors (Lipinski definition) is 2. The van der Waals surface area contributed by atoms with Crippen LogP contribution in [0.5, 0.6) is 11.5 Å². The minimum absolute atomic E-state index is 0.254. The molecule has 4 rings (SSSR count). The second kappa shape index (κ2) is 10.4. The van der Waals surface area contributed by atoms with Crippen molar-refractivity contribution in [3.8, 4) is 11.5 Å². The lowest BCUT2D eigenvalue weighted by atomic mass is 9.98. The topological polar surface area (TPSA) is 85.6 Å². The Morgan fingerprint density at radius 2 is 1.97 bits per heavy atom. The van der Waals surface area contributed by atoms with E-state index in [4.69, 9.17) is 13.9 Å². The van der Waals surface area contributed by atoms with Gasteiger partial charge in [-0.2, -0.15) is 0 Å². The van der Waals surface area contributed by atoms with Gasteiger partial charge in [-0.3, -0.25) is 4.79 Å². The summed E-state index contributed by atoms with van der Waals surface area (Å²) in [6.07, 6.45) is 4.09. The molecule has 3 aromatic heterocycles. The van der Waals surface area contributed by atoms with E-state index in [-0.39, 0.29) is 17.7 Å². The fourth-order valence-electron chi connectivity index (χ4n) is 3.66. The number of benzene rings is 1. The fourth-order valence-corrected chi connectivity index (χ4v) is 4.69. The van der Waals surface area contributed by atoms with Crippen molar-refractivity contribution < 1.29 is 18.7 Å². The minimum atomic E-state index is -0.349. The summed E-state index contributed by atoms with van der Waals surface area (Å²) in [4.78, 5) is 18.5. The number of rotatable bonds is 9. The van der Waals surface area contributed by atoms with E-state index in [0.29, 0.717) is 11.5 Å². The van der Waals surface area contributed by atoms with E-state index in [0.717, 1.165) is 38.8 Å². The summed E-state index contributed by atoms with van der Waals surface area (Å²) in [5.41, 5.74) is 2.89. The number of carbonyl (C=O) groups excluding carboxylic acids is 1. The van der Waals surface area contributed by atoms with E-state index in [2.05, 4.69) is 28.6 Å². The number of ether oxygens (including phenoxy) is 2. The molecule has 0 saturated heterocycles. The Kier molecular flexibility index (Phi) is 7.18. The third-order valence-corrected chi connectivity index (χ3v) is 6.61. The molecule has 1 amide bonds. The maximum absolute atomic E-state index is 12.8. The maximum Gasteiger partial charge on any atom is 0.291 e. The SMILES string of the molecule is CCc1cc(C(Nc2cc(C)ccn2)c2ccc(OC)cc2OC)c(NC(=O)c2ccco2)s1. The molecule has 2 N–H and O–H groups in total. The van der Waals surface area contributed by atoms with Crippen molar-refractivity contribution in [1.82, 2.24) is 4.98 Å². The third kappa shape index (κ3) is 5.07. The summed E-state index contributed by atoms with van der Waals surface area (Å²) in [6, 6.07) is 14.7. The summed E-state index contributed by atoms with van der Waals surface area (Å²) in [5.74, 6) is 2.03. The molecule has 0 fully saturated rings. The summed E-state index contributed by atoms with van der Waals surface area (Å²) in [5, 5.41) is 7.32. The first-order valence-corrected chi connectivity index (χ1v) is 11.7. The van der Waals surface area contributed by atoms with Gasteiger partial charge in [0.05, 0.1) is 26.5 Å². The summed E-state index contributed by atoms with van der Waals surface area (Å²) < 4.78 is 16.4. The number of furan rings is 1. The van der Waals surface area contributed by atoms with Gasteiger partial charge in [0.25, 0.3) is 5.91 Å². The number of nitrogens with one attached hydrogen (secondary N) is 2. The van der Waals surface area contributed by atoms with Gasteiger partial charge in [-0.1, -0.05) is 6.92 Å². The summed E-state index contributed by atoms with van der Waals surface area (Å²) in [6.45, 7) is 4.11. The molecule has 4 aromatic rings. The van der Waals surface area contributed by atoms with Crippen LogP contribution in [0.15, 0.2) is 65.4 Å². The molecular formula is C26H27N3O4S. The van der Waals surface area contributed by atoms with Crippen molar-refractivity contribution in [3.05, 3.63) is 88.3 Å². The molecule has 0 spiro atoms. The van der Waals surface area contributed by atoms with Crippen LogP contribution in [0.2, 0.25) is 0 Å². The van der Waals surface area contributed by atoms with Gasteiger partial charge in [0, 0.05) is 28.3 Å². The molecular weight excluding hydrogens is 450 g/mol. The predicted molar refractivity (Wildman–Crippen MR) is 134 cm³/mol. The third-order valence-electron chi connectivity index (χ3n) is 5.40. The molecule has 8 heteroatoms. The zero-order valence-electron chi connectivity index (χ0n) is 19.5. The molecule has 1 unspecified atom stereocenters. The van der Waals surface area contributed by atoms with Crippen LogP contribution in [0, 0.1) is 6.92 Å². The standard InChI is InChI=1S/C26H27N3O4S/c1-5-18-15-20(26(34-18)29-25(30)21-7-6-12-33-21)24(28-23-13-16(2)10-11-27-23)19-9-8-17(31-3)14-22(19)32-4/h6-15,24H,5H2,1-4H3,(H,27,28)(H,29,30). The minimum Gasteiger partial charge on any atom is -0.497 e. The van der Waals surface area contributed by atoms with Gasteiger partial charge in [0.1, 0.15) is 22.3 Å². The first kappa shape index (κ1) is 23.4. The zero-order chi connectivity index (χ0) is 24.1. The van der Waals surface area contributed by atoms with Gasteiger partial charge >= 0.3 is 0 Å². The Labute approximate surface area is 202 Å². The van der Waals surface area contributed by atoms with Crippen molar-refractivity contribution in [2.24, 2.45) is 0 Å². The number of thiophene rings is 1. The quantitative estimate of drug-likeness (QED) is 0.304. The highest BCUT2D eigenvalue weighted by molar-refractivity contribution is 7.16. The smallest absolute Gasteiger partial charge is 0.291 e. The number of anilines is 2. The van der Waals surface area contributed by atoms with Crippen molar-refractivity contribution in [3.63, 3.8) is 0 Å². The molecule has 34 heavy (non-hydrogen) atoms. The number of aromatic nitrogens is 1. The van der Waals surface area contributed by atoms with Gasteiger partial charge in [-0.25, -0.2) is 4.98 Å². The van der Waals surface area contributed by atoms with E-state index >= 15 is 0 Å². The monoisotopic (exact) mass is 477 g/mol. The molecule has 1 atom stereocenters. The molecule has 7 nitrogen and oxygen atoms in total. The van der Waals surface area contributed by atoms with Crippen LogP contribution in [0.4, 0.5) is 10.8 Å². The second-order valence-corrected chi connectivity index (χ2v) is 8.82. The average Bonchev–Trinajstić information content (AvgIpc) is 3.53. The highest BCUT2D eigenvalue weighted by Gasteiger charge is 2.26. The van der Waals surface area contributed by atoms with Gasteiger partial charge in [-0.15, -0.1) is 11.3 Å². The second-order valence-electron chi connectivity index (χ2n) is 7.69. The van der Waals surface area contributed by atoms with Crippen LogP contribution in [-0.4, -0.2) is 25.1 Å². The number of pyridine rings is 1. The van der Waals surface area contributed by atoms with Crippen LogP contribution in [-0.2, 0) is 6.42 Å². The van der Waals surface area contributed by atoms with Gasteiger partial charge < -0.3 is 24.5 Å². The number of aryl methyl sites for hydroxylation is 2. The van der Waals surface area contributed by atoms with Crippen molar-refractivity contribution in [2.75, 3.05) is 24.9 Å². The van der Waals surface area contributed by atoms with Crippen LogP contribution < -0.4 is 20.1 Å². The van der Waals surface area contributed by atoms with E-state index in [1.165, 1.54) is 6.26 Å². The normalized spacial score (nSPS) is 11.6. The van der Waals surface area contributed by atoms with Crippen molar-refractivity contribution in [1.29, 1.82) is 0 Å². The Morgan fingerprint density at radius 1 is 1.12 bits per heavy atom. The number of nitrogens with zero attached hydrogens (tertiary/aromatic N) is 1. The first-order chi connectivity index (χ1) is 16.5. The van der Waals surface area contributed by atoms with Crippen LogP contribution in [0.1, 0.15) is 45.1 Å². The molecule has 0 radical (unpaired) electrons. The highest BCUT2D eigenvalue weighted by atomic mass is 32.1. The number of amides is 1. The van der Waals surface area contributed by atoms with E-state index in [1.807, 2.05) is 37.3 Å². The first-order valence-electron chi connectivity index (χ1n) is 10.9. The molecule has 0 aliphatic rings. The van der Waals surface area contributed by atoms with Gasteiger partial charge in [-0.05, 0) is 61.4 Å². The fraction of sp³-hybridized carbons (Fsp3) is 0.231. The van der Waals surface area contributed by atoms with Crippen LogP contribution in [0.3, 0.4) is 0 Å². The van der Waals surface area contributed by atoms with Crippen molar-refractivity contribution >= 4 is 28.1 Å². The lowest BCUT2D eigenvalue weighted by Crippen LogP contribution is -2.17. The molecule has 0 aliphatic heterocycles. The lowest BCUT2D eigenvalue weighted by Gasteiger charge is -2.23. The van der Waals surface area contributed by atoms with Gasteiger partial charge in [0.15, 0.2) is 5.76 Å². The Balaban J connectivity index is 1.82. The molecule has 0 aliphatic carbocycles. The summed E-state index contributed by atoms with van der Waals surface area (Å²) in [7, 11) is 3.25. The largest absolute Gasteiger partial charge is 0.497 e. The molecule has 1 aromatic carbocycles. The van der Waals surface area contributed by atoms with E-state index < -0.39 is 0 Å². The molecule has 0 saturated carbocycles. The van der Waals surface area contributed by atoms with Crippen molar-refractivity contribution in [2.45, 2.75) is 26.3 Å². The van der Waals surface area contributed by atoms with Gasteiger partial charge in [0.2, 0.25) is 0 Å². The maximum atomic E-state index is 12.8. The molecule has 3 heterocycles. The molecule has 176 valence electrons. The lowest BCUT2D eigenvalue weighted by molar-refractivity contribution is 0.0997.